The van der Waals surface area contributed by atoms with Crippen molar-refractivity contribution in [3.05, 3.63) is 101 Å². The smallest absolute Gasteiger partial charge is 0.234 e. The predicted molar refractivity (Wildman–Crippen MR) is 139 cm³/mol. The Hall–Kier alpha value is -3.98. The first-order chi connectivity index (χ1) is 17.4. The molecule has 0 atom stereocenters. The Morgan fingerprint density at radius 1 is 0.944 bits per heavy atom. The number of rotatable bonds is 9. The molecule has 0 aliphatic carbocycles. The lowest BCUT2D eigenvalue weighted by Crippen LogP contribution is -2.26. The van der Waals surface area contributed by atoms with E-state index in [-0.39, 0.29) is 36.4 Å². The minimum atomic E-state index is -0.369. The molecule has 0 saturated heterocycles. The second-order valence-electron chi connectivity index (χ2n) is 8.30. The Morgan fingerprint density at radius 3 is 2.44 bits per heavy atom. The van der Waals surface area contributed by atoms with Gasteiger partial charge in [0.15, 0.2) is 11.0 Å². The molecule has 1 aromatic heterocycles. The van der Waals surface area contributed by atoms with Gasteiger partial charge in [-0.05, 0) is 60.9 Å². The second kappa shape index (κ2) is 11.6. The highest BCUT2D eigenvalue weighted by Gasteiger charge is 2.17. The molecule has 1 heterocycles. The van der Waals surface area contributed by atoms with Gasteiger partial charge in [0.1, 0.15) is 5.82 Å². The van der Waals surface area contributed by atoms with Gasteiger partial charge >= 0.3 is 0 Å². The van der Waals surface area contributed by atoms with Crippen molar-refractivity contribution in [3.63, 3.8) is 0 Å². The second-order valence-corrected chi connectivity index (χ2v) is 9.25. The number of nitrogens with zero attached hydrogens (tertiary/aromatic N) is 3. The van der Waals surface area contributed by atoms with E-state index in [1.165, 1.54) is 23.9 Å². The van der Waals surface area contributed by atoms with Gasteiger partial charge in [-0.1, -0.05) is 54.2 Å². The molecule has 3 aromatic carbocycles. The van der Waals surface area contributed by atoms with E-state index in [1.54, 1.807) is 16.7 Å². The van der Waals surface area contributed by atoms with Gasteiger partial charge < -0.3 is 10.6 Å². The molecule has 0 radical (unpaired) electrons. The topological polar surface area (TPSA) is 88.9 Å². The molecule has 0 spiro atoms. The van der Waals surface area contributed by atoms with Crippen molar-refractivity contribution in [2.45, 2.75) is 32.0 Å². The van der Waals surface area contributed by atoms with E-state index < -0.39 is 0 Å². The lowest BCUT2D eigenvalue weighted by Gasteiger charge is -2.12. The summed E-state index contributed by atoms with van der Waals surface area (Å²) in [7, 11) is 0. The predicted octanol–water partition coefficient (Wildman–Crippen LogP) is 4.61. The fraction of sp³-hybridized carbons (Fsp3) is 0.185. The number of aromatic nitrogens is 3. The standard InChI is InChI=1S/C27H26FN5O2S/c1-18-8-9-19(2)23(14-18)30-26(35)17-36-27-32-31-24(33(27)22-12-10-21(28)11-13-22)16-29-25(34)15-20-6-4-3-5-7-20/h3-14H,15-17H2,1-2H3,(H,29,34)(H,30,35). The summed E-state index contributed by atoms with van der Waals surface area (Å²) in [6.45, 7) is 4.03. The van der Waals surface area contributed by atoms with Crippen LogP contribution >= 0.6 is 11.8 Å². The summed E-state index contributed by atoms with van der Waals surface area (Å²) < 4.78 is 15.3. The lowest BCUT2D eigenvalue weighted by molar-refractivity contribution is -0.120. The van der Waals surface area contributed by atoms with Crippen LogP contribution in [0.2, 0.25) is 0 Å². The number of thioether (sulfide) groups is 1. The number of benzene rings is 3. The Labute approximate surface area is 213 Å². The maximum Gasteiger partial charge on any atom is 0.234 e. The number of hydrogen-bond donors (Lipinski definition) is 2. The average Bonchev–Trinajstić information content (AvgIpc) is 3.27. The number of aryl methyl sites for hydroxylation is 2. The Balaban J connectivity index is 1.47. The molecule has 4 aromatic rings. The highest BCUT2D eigenvalue weighted by molar-refractivity contribution is 7.99. The molecule has 0 saturated carbocycles. The van der Waals surface area contributed by atoms with E-state index in [2.05, 4.69) is 20.8 Å². The lowest BCUT2D eigenvalue weighted by atomic mass is 10.1. The van der Waals surface area contributed by atoms with Crippen LogP contribution in [0.4, 0.5) is 10.1 Å². The molecule has 36 heavy (non-hydrogen) atoms. The average molecular weight is 504 g/mol. The van der Waals surface area contributed by atoms with Crippen LogP contribution in [0, 0.1) is 19.7 Å². The first-order valence-corrected chi connectivity index (χ1v) is 12.4. The molecule has 0 bridgehead atoms. The van der Waals surface area contributed by atoms with Crippen molar-refractivity contribution in [1.29, 1.82) is 0 Å². The van der Waals surface area contributed by atoms with Gasteiger partial charge in [0.25, 0.3) is 0 Å². The summed E-state index contributed by atoms with van der Waals surface area (Å²) in [5, 5.41) is 14.7. The fourth-order valence-electron chi connectivity index (χ4n) is 3.57. The number of anilines is 1. The zero-order valence-corrected chi connectivity index (χ0v) is 20.8. The van der Waals surface area contributed by atoms with E-state index >= 15 is 0 Å². The van der Waals surface area contributed by atoms with Crippen LogP contribution < -0.4 is 10.6 Å². The summed E-state index contributed by atoms with van der Waals surface area (Å²) in [6, 6.07) is 21.2. The molecular weight excluding hydrogens is 477 g/mol. The molecule has 7 nitrogen and oxygen atoms in total. The molecule has 4 rings (SSSR count). The SMILES string of the molecule is Cc1ccc(C)c(NC(=O)CSc2nnc(CNC(=O)Cc3ccccc3)n2-c2ccc(F)cc2)c1. The van der Waals surface area contributed by atoms with Gasteiger partial charge in [-0.25, -0.2) is 4.39 Å². The summed E-state index contributed by atoms with van der Waals surface area (Å²) >= 11 is 1.21. The van der Waals surface area contributed by atoms with Crippen molar-refractivity contribution in [1.82, 2.24) is 20.1 Å². The number of carbonyl (C=O) groups excluding carboxylic acids is 2. The molecule has 184 valence electrons. The van der Waals surface area contributed by atoms with Crippen LogP contribution in [0.3, 0.4) is 0 Å². The molecule has 0 aliphatic rings. The van der Waals surface area contributed by atoms with Crippen molar-refractivity contribution in [2.24, 2.45) is 0 Å². The van der Waals surface area contributed by atoms with Crippen LogP contribution in [0.5, 0.6) is 0 Å². The third-order valence-electron chi connectivity index (χ3n) is 5.44. The first-order valence-electron chi connectivity index (χ1n) is 11.4. The van der Waals surface area contributed by atoms with E-state index in [0.717, 1.165) is 22.4 Å². The zero-order chi connectivity index (χ0) is 25.5. The Bertz CT molecular complexity index is 1360. The minimum absolute atomic E-state index is 0.104. The van der Waals surface area contributed by atoms with E-state index in [1.807, 2.05) is 62.4 Å². The summed E-state index contributed by atoms with van der Waals surface area (Å²) in [4.78, 5) is 25.1. The normalized spacial score (nSPS) is 10.8. The van der Waals surface area contributed by atoms with E-state index in [9.17, 15) is 14.0 Å². The van der Waals surface area contributed by atoms with Crippen molar-refractivity contribution in [3.8, 4) is 5.69 Å². The van der Waals surface area contributed by atoms with Crippen molar-refractivity contribution < 1.29 is 14.0 Å². The van der Waals surface area contributed by atoms with Gasteiger partial charge in [0.2, 0.25) is 11.8 Å². The summed E-state index contributed by atoms with van der Waals surface area (Å²) in [5.41, 5.74) is 4.33. The highest BCUT2D eigenvalue weighted by Crippen LogP contribution is 2.23. The van der Waals surface area contributed by atoms with Crippen molar-refractivity contribution in [2.75, 3.05) is 11.1 Å². The summed E-state index contributed by atoms with van der Waals surface area (Å²) in [5.74, 6) is -0.128. The third kappa shape index (κ3) is 6.57. The van der Waals surface area contributed by atoms with Crippen LogP contribution in [0.1, 0.15) is 22.5 Å². The molecular formula is C27H26FN5O2S. The van der Waals surface area contributed by atoms with Crippen molar-refractivity contribution >= 4 is 29.3 Å². The highest BCUT2D eigenvalue weighted by atomic mass is 32.2. The Kier molecular flexibility index (Phi) is 8.12. The molecule has 0 fully saturated rings. The first kappa shape index (κ1) is 25.1. The van der Waals surface area contributed by atoms with E-state index in [4.69, 9.17) is 0 Å². The quantitative estimate of drug-likeness (QED) is 0.326. The number of nitrogens with one attached hydrogen (secondary N) is 2. The van der Waals surface area contributed by atoms with E-state index in [0.29, 0.717) is 16.7 Å². The van der Waals surface area contributed by atoms with Crippen LogP contribution in [0.15, 0.2) is 78.0 Å². The molecule has 2 N–H and O–H groups in total. The van der Waals surface area contributed by atoms with Gasteiger partial charge in [0.05, 0.1) is 18.7 Å². The van der Waals surface area contributed by atoms with Crippen LogP contribution in [0.25, 0.3) is 5.69 Å². The maximum absolute atomic E-state index is 13.6. The molecule has 0 unspecified atom stereocenters. The molecule has 0 aliphatic heterocycles. The number of halogens is 1. The fourth-order valence-corrected chi connectivity index (χ4v) is 4.34. The molecule has 9 heteroatoms. The van der Waals surface area contributed by atoms with Gasteiger partial charge in [-0.2, -0.15) is 0 Å². The third-order valence-corrected chi connectivity index (χ3v) is 6.36. The van der Waals surface area contributed by atoms with Gasteiger partial charge in [-0.3, -0.25) is 14.2 Å². The van der Waals surface area contributed by atoms with Gasteiger partial charge in [0, 0.05) is 11.4 Å². The van der Waals surface area contributed by atoms with Gasteiger partial charge in [-0.15, -0.1) is 10.2 Å². The maximum atomic E-state index is 13.6. The monoisotopic (exact) mass is 503 g/mol. The Morgan fingerprint density at radius 2 is 1.69 bits per heavy atom. The molecule has 2 amide bonds. The van der Waals surface area contributed by atoms with Crippen LogP contribution in [-0.2, 0) is 22.6 Å². The zero-order valence-electron chi connectivity index (χ0n) is 20.0. The van der Waals surface area contributed by atoms with Crippen LogP contribution in [-0.4, -0.2) is 32.3 Å². The number of carbonyl (C=O) groups is 2. The largest absolute Gasteiger partial charge is 0.348 e. The summed E-state index contributed by atoms with van der Waals surface area (Å²) in [6.07, 6.45) is 0.242. The number of amides is 2. The minimum Gasteiger partial charge on any atom is -0.348 e. The number of hydrogen-bond acceptors (Lipinski definition) is 5.